The lowest BCUT2D eigenvalue weighted by Gasteiger charge is -1.99. The number of benzene rings is 2. The predicted molar refractivity (Wildman–Crippen MR) is 157 cm³/mol. The molecule has 0 aliphatic rings. The number of ketones is 1. The zero-order chi connectivity index (χ0) is 28.9. The summed E-state index contributed by atoms with van der Waals surface area (Å²) in [5.41, 5.74) is 9.70. The number of Topliss-reactive ketones (excluding diaryl/α,β-unsaturated/α-hetero) is 1. The van der Waals surface area contributed by atoms with Gasteiger partial charge in [0.1, 0.15) is 11.5 Å². The average Bonchev–Trinajstić information content (AvgIpc) is 3.45. The first-order chi connectivity index (χ1) is 19.4. The SMILES string of the molecule is COC(=O)c1ccc(N)nc1.COC(=O)c1ccc2nc(-c3ccccc3)cn2c1.O=C(CBr)c1ccccc1. The number of nitrogens with zero attached hydrogens (tertiary/aromatic N) is 3. The van der Waals surface area contributed by atoms with E-state index in [0.717, 1.165) is 22.5 Å². The van der Waals surface area contributed by atoms with Gasteiger partial charge in [-0.05, 0) is 24.3 Å². The van der Waals surface area contributed by atoms with Crippen LogP contribution in [0.1, 0.15) is 31.1 Å². The monoisotopic (exact) mass is 602 g/mol. The van der Waals surface area contributed by atoms with Crippen molar-refractivity contribution >= 4 is 45.1 Å². The number of anilines is 1. The summed E-state index contributed by atoms with van der Waals surface area (Å²) in [6, 6.07) is 25.8. The second-order valence-electron chi connectivity index (χ2n) is 8.05. The van der Waals surface area contributed by atoms with E-state index < -0.39 is 5.97 Å². The zero-order valence-corrected chi connectivity index (χ0v) is 23.4. The molecular weight excluding hydrogens is 576 g/mol. The molecular formula is C30H27BrN4O5. The molecule has 9 nitrogen and oxygen atoms in total. The number of aromatic nitrogens is 3. The molecule has 3 heterocycles. The van der Waals surface area contributed by atoms with Gasteiger partial charge in [0, 0.05) is 29.7 Å². The van der Waals surface area contributed by atoms with E-state index in [0.29, 0.717) is 22.3 Å². The number of halogens is 1. The van der Waals surface area contributed by atoms with Gasteiger partial charge < -0.3 is 19.6 Å². The Morgan fingerprint density at radius 2 is 1.38 bits per heavy atom. The van der Waals surface area contributed by atoms with Crippen molar-refractivity contribution in [2.75, 3.05) is 25.3 Å². The number of hydrogen-bond acceptors (Lipinski definition) is 8. The third kappa shape index (κ3) is 8.34. The highest BCUT2D eigenvalue weighted by Gasteiger charge is 2.09. The van der Waals surface area contributed by atoms with Gasteiger partial charge >= 0.3 is 11.9 Å². The fraction of sp³-hybridized carbons (Fsp3) is 0.100. The van der Waals surface area contributed by atoms with Crippen LogP contribution in [-0.4, -0.2) is 51.6 Å². The largest absolute Gasteiger partial charge is 0.465 e. The fourth-order valence-corrected chi connectivity index (χ4v) is 3.65. The van der Waals surface area contributed by atoms with Crippen molar-refractivity contribution in [2.45, 2.75) is 0 Å². The summed E-state index contributed by atoms with van der Waals surface area (Å²) in [5.74, 6) is -0.243. The summed E-state index contributed by atoms with van der Waals surface area (Å²) in [4.78, 5) is 41.5. The molecule has 40 heavy (non-hydrogen) atoms. The zero-order valence-electron chi connectivity index (χ0n) is 21.9. The van der Waals surface area contributed by atoms with Gasteiger partial charge in [-0.25, -0.2) is 19.6 Å². The van der Waals surface area contributed by atoms with Crippen LogP contribution in [0.5, 0.6) is 0 Å². The van der Waals surface area contributed by atoms with Crippen LogP contribution in [0.15, 0.2) is 104 Å². The van der Waals surface area contributed by atoms with Crippen molar-refractivity contribution in [3.05, 3.63) is 120 Å². The number of pyridine rings is 2. The molecule has 3 aromatic heterocycles. The molecule has 5 aromatic rings. The van der Waals surface area contributed by atoms with Crippen LogP contribution in [0.4, 0.5) is 5.82 Å². The standard InChI is InChI=1S/C15H12N2O2.C8H7BrO.C7H8N2O2/c1-19-15(18)12-7-8-14-16-13(10-17(14)9-12)11-5-3-2-4-6-11;9-6-8(10)7-4-2-1-3-5-7;1-11-7(10)5-2-3-6(8)9-4-5/h2-10H,1H3;1-5H,6H2;2-4H,1H3,(H2,8,9). The van der Waals surface area contributed by atoms with Crippen LogP contribution in [0, 0.1) is 0 Å². The Kier molecular flexibility index (Phi) is 11.1. The molecule has 0 radical (unpaired) electrons. The molecule has 0 atom stereocenters. The van der Waals surface area contributed by atoms with Crippen molar-refractivity contribution in [1.29, 1.82) is 0 Å². The van der Waals surface area contributed by atoms with Crippen LogP contribution in [-0.2, 0) is 9.47 Å². The molecule has 0 amide bonds. The molecule has 2 N–H and O–H groups in total. The molecule has 0 saturated heterocycles. The fourth-order valence-electron chi connectivity index (χ4n) is 3.32. The Balaban J connectivity index is 0.000000180. The highest BCUT2D eigenvalue weighted by molar-refractivity contribution is 9.09. The molecule has 0 saturated carbocycles. The normalized spacial score (nSPS) is 9.88. The number of rotatable bonds is 5. The van der Waals surface area contributed by atoms with Gasteiger partial charge in [0.2, 0.25) is 0 Å². The Labute approximate surface area is 239 Å². The summed E-state index contributed by atoms with van der Waals surface area (Å²) in [5, 5.41) is 0.400. The summed E-state index contributed by atoms with van der Waals surface area (Å²) >= 11 is 3.10. The van der Waals surface area contributed by atoms with Gasteiger partial charge in [0.25, 0.3) is 0 Å². The number of carbonyl (C=O) groups excluding carboxylic acids is 3. The highest BCUT2D eigenvalue weighted by atomic mass is 79.9. The molecule has 0 spiro atoms. The van der Waals surface area contributed by atoms with E-state index in [4.69, 9.17) is 10.5 Å². The van der Waals surface area contributed by atoms with E-state index in [9.17, 15) is 14.4 Å². The topological polar surface area (TPSA) is 126 Å². The third-order valence-corrected chi connectivity index (χ3v) is 5.88. The lowest BCUT2D eigenvalue weighted by molar-refractivity contribution is 0.0591. The van der Waals surface area contributed by atoms with Gasteiger partial charge in [-0.15, -0.1) is 0 Å². The lowest BCUT2D eigenvalue weighted by atomic mass is 10.2. The minimum absolute atomic E-state index is 0.126. The number of imidazole rings is 1. The average molecular weight is 603 g/mol. The maximum atomic E-state index is 11.5. The molecule has 0 unspecified atom stereocenters. The van der Waals surface area contributed by atoms with E-state index >= 15 is 0 Å². The van der Waals surface area contributed by atoms with Gasteiger partial charge in [-0.2, -0.15) is 0 Å². The number of alkyl halides is 1. The number of methoxy groups -OCH3 is 2. The molecule has 2 aromatic carbocycles. The molecule has 10 heteroatoms. The molecule has 0 fully saturated rings. The van der Waals surface area contributed by atoms with Gasteiger partial charge in [0.05, 0.1) is 36.4 Å². The second-order valence-corrected chi connectivity index (χ2v) is 8.61. The number of nitrogen functional groups attached to an aromatic ring is 1. The minimum Gasteiger partial charge on any atom is -0.465 e. The summed E-state index contributed by atoms with van der Waals surface area (Å²) in [6.07, 6.45) is 5.00. The molecule has 204 valence electrons. The first-order valence-electron chi connectivity index (χ1n) is 11.9. The number of hydrogen-bond donors (Lipinski definition) is 1. The lowest BCUT2D eigenvalue weighted by Crippen LogP contribution is -2.02. The number of fused-ring (bicyclic) bond motifs is 1. The van der Waals surface area contributed by atoms with E-state index in [1.54, 1.807) is 30.5 Å². The Bertz CT molecular complexity index is 1560. The van der Waals surface area contributed by atoms with E-state index in [1.165, 1.54) is 20.4 Å². The van der Waals surface area contributed by atoms with Crippen LogP contribution >= 0.6 is 15.9 Å². The number of carbonyl (C=O) groups is 3. The number of ether oxygens (including phenoxy) is 2. The number of nitrogens with two attached hydrogens (primary N) is 1. The third-order valence-electron chi connectivity index (χ3n) is 5.37. The maximum Gasteiger partial charge on any atom is 0.339 e. The van der Waals surface area contributed by atoms with E-state index in [1.807, 2.05) is 71.3 Å². The van der Waals surface area contributed by atoms with E-state index in [-0.39, 0.29) is 11.8 Å². The Morgan fingerprint density at radius 1 is 0.775 bits per heavy atom. The van der Waals surface area contributed by atoms with Crippen LogP contribution in [0.2, 0.25) is 0 Å². The van der Waals surface area contributed by atoms with Gasteiger partial charge in [-0.1, -0.05) is 76.6 Å². The van der Waals surface area contributed by atoms with Crippen molar-refractivity contribution in [2.24, 2.45) is 0 Å². The molecule has 0 aliphatic heterocycles. The van der Waals surface area contributed by atoms with Crippen LogP contribution in [0.3, 0.4) is 0 Å². The highest BCUT2D eigenvalue weighted by Crippen LogP contribution is 2.19. The summed E-state index contributed by atoms with van der Waals surface area (Å²) in [6.45, 7) is 0. The van der Waals surface area contributed by atoms with Crippen LogP contribution < -0.4 is 5.73 Å². The van der Waals surface area contributed by atoms with Crippen molar-refractivity contribution in [3.63, 3.8) is 0 Å². The molecule has 5 rings (SSSR count). The summed E-state index contributed by atoms with van der Waals surface area (Å²) < 4.78 is 11.0. The maximum absolute atomic E-state index is 11.5. The quantitative estimate of drug-likeness (QED) is 0.159. The smallest absolute Gasteiger partial charge is 0.339 e. The number of esters is 2. The van der Waals surface area contributed by atoms with Crippen LogP contribution in [0.25, 0.3) is 16.9 Å². The molecule has 0 bridgehead atoms. The first-order valence-corrected chi connectivity index (χ1v) is 13.0. The predicted octanol–water partition coefficient (Wildman–Crippen LogP) is 5.50. The van der Waals surface area contributed by atoms with Gasteiger partial charge in [-0.3, -0.25) is 4.79 Å². The molecule has 0 aliphatic carbocycles. The Morgan fingerprint density at radius 3 is 1.95 bits per heavy atom. The van der Waals surface area contributed by atoms with Gasteiger partial charge in [0.15, 0.2) is 5.78 Å². The Hall–Kier alpha value is -4.83. The minimum atomic E-state index is -0.405. The first kappa shape index (κ1) is 29.7. The summed E-state index contributed by atoms with van der Waals surface area (Å²) in [7, 11) is 2.69. The van der Waals surface area contributed by atoms with Crippen molar-refractivity contribution < 1.29 is 23.9 Å². The second kappa shape index (κ2) is 14.9. The van der Waals surface area contributed by atoms with Crippen molar-refractivity contribution in [1.82, 2.24) is 14.4 Å². The van der Waals surface area contributed by atoms with E-state index in [2.05, 4.69) is 30.6 Å². The van der Waals surface area contributed by atoms with Crippen molar-refractivity contribution in [3.8, 4) is 11.3 Å².